The molecule has 0 aliphatic carbocycles. The average molecular weight is 306 g/mol. The van der Waals surface area contributed by atoms with Gasteiger partial charge in [-0.3, -0.25) is 9.59 Å². The third-order valence-corrected chi connectivity index (χ3v) is 3.23. The van der Waals surface area contributed by atoms with Crippen LogP contribution in [0.3, 0.4) is 0 Å². The minimum absolute atomic E-state index is 0.0776. The largest absolute Gasteiger partial charge is 0.356 e. The Labute approximate surface area is 132 Å². The molecule has 1 aromatic rings. The summed E-state index contributed by atoms with van der Waals surface area (Å²) in [7, 11) is 0. The summed E-state index contributed by atoms with van der Waals surface area (Å²) in [5.74, 6) is -0.0573. The molecule has 0 aliphatic heterocycles. The highest BCUT2D eigenvalue weighted by atomic mass is 16.2. The van der Waals surface area contributed by atoms with Crippen LogP contribution in [0.15, 0.2) is 30.9 Å². The maximum atomic E-state index is 11.6. The van der Waals surface area contributed by atoms with Crippen LogP contribution in [0.5, 0.6) is 0 Å². The first-order valence-corrected chi connectivity index (χ1v) is 7.75. The number of aromatic nitrogens is 2. The van der Waals surface area contributed by atoms with E-state index in [1.54, 1.807) is 19.4 Å². The Morgan fingerprint density at radius 3 is 2.59 bits per heavy atom. The summed E-state index contributed by atoms with van der Waals surface area (Å²) in [5.41, 5.74) is 0.500. The second-order valence-corrected chi connectivity index (χ2v) is 5.35. The fourth-order valence-electron chi connectivity index (χ4n) is 1.93. The van der Waals surface area contributed by atoms with Crippen molar-refractivity contribution in [1.82, 2.24) is 20.2 Å². The van der Waals surface area contributed by atoms with Gasteiger partial charge >= 0.3 is 0 Å². The smallest absolute Gasteiger partial charge is 0.246 e. The van der Waals surface area contributed by atoms with Crippen LogP contribution in [0.1, 0.15) is 39.0 Å². The van der Waals surface area contributed by atoms with E-state index in [0.717, 1.165) is 32.2 Å². The predicted molar refractivity (Wildman–Crippen MR) is 86.1 cm³/mol. The molecule has 0 saturated carbocycles. The lowest BCUT2D eigenvalue weighted by molar-refractivity contribution is -0.121. The highest BCUT2D eigenvalue weighted by Crippen LogP contribution is 2.02. The Kier molecular flexibility index (Phi) is 8.64. The third kappa shape index (κ3) is 8.24. The lowest BCUT2D eigenvalue weighted by Gasteiger charge is -2.07. The van der Waals surface area contributed by atoms with Gasteiger partial charge in [0, 0.05) is 44.0 Å². The van der Waals surface area contributed by atoms with Gasteiger partial charge in [0.1, 0.15) is 0 Å². The molecule has 0 bridgehead atoms. The second-order valence-electron chi connectivity index (χ2n) is 5.35. The topological polar surface area (TPSA) is 76.0 Å². The molecule has 0 atom stereocenters. The number of imidazole rings is 1. The number of hydrogen-bond donors (Lipinski definition) is 2. The molecule has 1 rings (SSSR count). The number of rotatable bonds is 11. The van der Waals surface area contributed by atoms with Gasteiger partial charge in [0.2, 0.25) is 11.8 Å². The van der Waals surface area contributed by atoms with Crippen molar-refractivity contribution in [3.8, 4) is 0 Å². The second kappa shape index (κ2) is 10.6. The Balaban J connectivity index is 1.91. The molecule has 2 N–H and O–H groups in total. The van der Waals surface area contributed by atoms with Crippen molar-refractivity contribution in [2.45, 2.75) is 45.6 Å². The number of hydrogen-bond acceptors (Lipinski definition) is 3. The zero-order valence-corrected chi connectivity index (χ0v) is 13.3. The van der Waals surface area contributed by atoms with Crippen molar-refractivity contribution in [2.75, 3.05) is 13.1 Å². The molecular weight excluding hydrogens is 280 g/mol. The average Bonchev–Trinajstić information content (AvgIpc) is 2.99. The van der Waals surface area contributed by atoms with Gasteiger partial charge in [-0.15, -0.1) is 0 Å². The van der Waals surface area contributed by atoms with Crippen molar-refractivity contribution in [1.29, 1.82) is 0 Å². The monoisotopic (exact) mass is 306 g/mol. The van der Waals surface area contributed by atoms with Crippen LogP contribution in [0.2, 0.25) is 0 Å². The number of amides is 2. The van der Waals surface area contributed by atoms with E-state index >= 15 is 0 Å². The van der Waals surface area contributed by atoms with Crippen molar-refractivity contribution < 1.29 is 9.59 Å². The summed E-state index contributed by atoms with van der Waals surface area (Å²) in [6, 6.07) is 0. The van der Waals surface area contributed by atoms with Gasteiger partial charge in [0.05, 0.1) is 6.33 Å². The van der Waals surface area contributed by atoms with Gasteiger partial charge in [0.25, 0.3) is 0 Å². The number of carbonyl (C=O) groups is 2. The molecule has 6 heteroatoms. The van der Waals surface area contributed by atoms with Gasteiger partial charge in [-0.05, 0) is 26.2 Å². The van der Waals surface area contributed by atoms with E-state index in [1.807, 2.05) is 10.8 Å². The van der Waals surface area contributed by atoms with Gasteiger partial charge in [0.15, 0.2) is 0 Å². The van der Waals surface area contributed by atoms with Crippen LogP contribution in [0.25, 0.3) is 0 Å². The predicted octanol–water partition coefficient (Wildman–Crippen LogP) is 1.64. The Morgan fingerprint density at radius 1 is 1.14 bits per heavy atom. The number of aryl methyl sites for hydroxylation is 1. The molecule has 6 nitrogen and oxygen atoms in total. The molecule has 0 saturated heterocycles. The van der Waals surface area contributed by atoms with Crippen molar-refractivity contribution in [3.63, 3.8) is 0 Å². The molecule has 122 valence electrons. The number of nitrogens with zero attached hydrogens (tertiary/aromatic N) is 2. The number of unbranched alkanes of at least 4 members (excludes halogenated alkanes) is 2. The molecule has 0 aromatic carbocycles. The lowest BCUT2D eigenvalue weighted by atomic mass is 10.2. The van der Waals surface area contributed by atoms with Gasteiger partial charge in [-0.25, -0.2) is 4.98 Å². The summed E-state index contributed by atoms with van der Waals surface area (Å²) < 4.78 is 2.04. The standard InChI is InChI=1S/C16H26N4O2/c1-14(2)16(22)19-9-6-8-18-15(21)7-4-3-5-11-20-12-10-17-13-20/h10,12-13H,1,3-9,11H2,2H3,(H,18,21)(H,19,22). The molecular formula is C16H26N4O2. The molecule has 0 fully saturated rings. The molecule has 0 aliphatic rings. The van der Waals surface area contributed by atoms with Gasteiger partial charge in [-0.1, -0.05) is 13.0 Å². The molecule has 1 aromatic heterocycles. The molecule has 22 heavy (non-hydrogen) atoms. The van der Waals surface area contributed by atoms with E-state index in [4.69, 9.17) is 0 Å². The summed E-state index contributed by atoms with van der Waals surface area (Å²) >= 11 is 0. The van der Waals surface area contributed by atoms with E-state index in [0.29, 0.717) is 25.1 Å². The Morgan fingerprint density at radius 2 is 1.91 bits per heavy atom. The highest BCUT2D eigenvalue weighted by molar-refractivity contribution is 5.92. The first-order chi connectivity index (χ1) is 10.6. The van der Waals surface area contributed by atoms with E-state index in [1.165, 1.54) is 0 Å². The quantitative estimate of drug-likeness (QED) is 0.482. The fraction of sp³-hybridized carbons (Fsp3) is 0.562. The van der Waals surface area contributed by atoms with Crippen molar-refractivity contribution in [2.24, 2.45) is 0 Å². The third-order valence-electron chi connectivity index (χ3n) is 3.23. The van der Waals surface area contributed by atoms with Gasteiger partial charge < -0.3 is 15.2 Å². The Hall–Kier alpha value is -2.11. The normalized spacial score (nSPS) is 10.2. The first-order valence-electron chi connectivity index (χ1n) is 7.75. The van der Waals surface area contributed by atoms with E-state index in [-0.39, 0.29) is 11.8 Å². The molecule has 0 radical (unpaired) electrons. The van der Waals surface area contributed by atoms with Crippen LogP contribution >= 0.6 is 0 Å². The SMILES string of the molecule is C=C(C)C(=O)NCCCNC(=O)CCCCCn1ccnc1. The van der Waals surface area contributed by atoms with E-state index < -0.39 is 0 Å². The van der Waals surface area contributed by atoms with Crippen LogP contribution < -0.4 is 10.6 Å². The molecule has 1 heterocycles. The molecule has 0 spiro atoms. The summed E-state index contributed by atoms with van der Waals surface area (Å²) in [4.78, 5) is 26.8. The molecule has 2 amide bonds. The minimum Gasteiger partial charge on any atom is -0.356 e. The van der Waals surface area contributed by atoms with E-state index in [9.17, 15) is 9.59 Å². The number of nitrogens with one attached hydrogen (secondary N) is 2. The van der Waals surface area contributed by atoms with Crippen LogP contribution in [-0.2, 0) is 16.1 Å². The minimum atomic E-state index is -0.135. The zero-order valence-electron chi connectivity index (χ0n) is 13.3. The Bertz CT molecular complexity index is 469. The maximum Gasteiger partial charge on any atom is 0.246 e. The maximum absolute atomic E-state index is 11.6. The summed E-state index contributed by atoms with van der Waals surface area (Å²) in [6.07, 6.45) is 9.78. The van der Waals surface area contributed by atoms with E-state index in [2.05, 4.69) is 22.2 Å². The van der Waals surface area contributed by atoms with Crippen molar-refractivity contribution in [3.05, 3.63) is 30.9 Å². The van der Waals surface area contributed by atoms with Crippen LogP contribution in [-0.4, -0.2) is 34.5 Å². The zero-order chi connectivity index (χ0) is 16.2. The van der Waals surface area contributed by atoms with Gasteiger partial charge in [-0.2, -0.15) is 0 Å². The summed E-state index contributed by atoms with van der Waals surface area (Å²) in [6.45, 7) is 7.32. The first kappa shape index (κ1) is 17.9. The van der Waals surface area contributed by atoms with Crippen LogP contribution in [0, 0.1) is 0 Å². The summed E-state index contributed by atoms with van der Waals surface area (Å²) in [5, 5.41) is 5.59. The fourth-order valence-corrected chi connectivity index (χ4v) is 1.93. The van der Waals surface area contributed by atoms with Crippen molar-refractivity contribution >= 4 is 11.8 Å². The highest BCUT2D eigenvalue weighted by Gasteiger charge is 2.02. The molecule has 0 unspecified atom stereocenters. The lowest BCUT2D eigenvalue weighted by Crippen LogP contribution is -2.29. The number of carbonyl (C=O) groups excluding carboxylic acids is 2. The van der Waals surface area contributed by atoms with Crippen LogP contribution in [0.4, 0.5) is 0 Å².